The summed E-state index contributed by atoms with van der Waals surface area (Å²) in [5.74, 6) is 6.62. The van der Waals surface area contributed by atoms with Gasteiger partial charge < -0.3 is 14.2 Å². The molecule has 0 fully saturated rings. The third-order valence-corrected chi connectivity index (χ3v) is 4.16. The zero-order chi connectivity index (χ0) is 19.5. The van der Waals surface area contributed by atoms with Crippen molar-refractivity contribution in [3.63, 3.8) is 0 Å². The maximum atomic E-state index is 11.6. The first-order valence-corrected chi connectivity index (χ1v) is 10.5. The first-order valence-electron chi connectivity index (χ1n) is 10.5. The summed E-state index contributed by atoms with van der Waals surface area (Å²) in [7, 11) is 0. The predicted molar refractivity (Wildman–Crippen MR) is 107 cm³/mol. The first-order chi connectivity index (χ1) is 12.6. The molecule has 1 atom stereocenters. The number of carbonyl (C=O) groups is 1. The highest BCUT2D eigenvalue weighted by Crippen LogP contribution is 2.06. The Bertz CT molecular complexity index is 373. The van der Waals surface area contributed by atoms with Gasteiger partial charge in [0, 0.05) is 12.8 Å². The average molecular weight is 369 g/mol. The molecule has 0 aliphatic rings. The quantitative estimate of drug-likeness (QED) is 0.156. The van der Waals surface area contributed by atoms with E-state index in [2.05, 4.69) is 39.5 Å². The van der Waals surface area contributed by atoms with E-state index in [-0.39, 0.29) is 5.97 Å². The van der Waals surface area contributed by atoms with Crippen molar-refractivity contribution in [3.05, 3.63) is 0 Å². The fourth-order valence-electron chi connectivity index (χ4n) is 2.04. The van der Waals surface area contributed by atoms with Crippen molar-refractivity contribution in [2.75, 3.05) is 19.8 Å². The van der Waals surface area contributed by atoms with Crippen LogP contribution >= 0.6 is 0 Å². The van der Waals surface area contributed by atoms with E-state index in [1.807, 2.05) is 0 Å². The van der Waals surface area contributed by atoms with Crippen LogP contribution in [0.3, 0.4) is 0 Å². The second-order valence-electron chi connectivity index (χ2n) is 6.86. The second kappa shape index (κ2) is 18.7. The monoisotopic (exact) mass is 368 g/mol. The summed E-state index contributed by atoms with van der Waals surface area (Å²) in [5.41, 5.74) is 0. The van der Waals surface area contributed by atoms with Crippen LogP contribution in [0.1, 0.15) is 91.9 Å². The summed E-state index contributed by atoms with van der Waals surface area (Å²) in [6.07, 6.45) is 9.08. The molecule has 4 nitrogen and oxygen atoms in total. The van der Waals surface area contributed by atoms with E-state index in [1.54, 1.807) is 0 Å². The van der Waals surface area contributed by atoms with Crippen LogP contribution in [0.2, 0.25) is 0 Å². The van der Waals surface area contributed by atoms with E-state index in [0.717, 1.165) is 57.8 Å². The summed E-state index contributed by atoms with van der Waals surface area (Å²) in [6.45, 7) is 10.4. The molecule has 0 spiro atoms. The van der Waals surface area contributed by atoms with E-state index in [4.69, 9.17) is 14.2 Å². The Hall–Kier alpha value is -1.05. The van der Waals surface area contributed by atoms with Crippen LogP contribution in [0.4, 0.5) is 0 Å². The van der Waals surface area contributed by atoms with Crippen molar-refractivity contribution in [1.29, 1.82) is 0 Å². The molecule has 0 aromatic carbocycles. The summed E-state index contributed by atoms with van der Waals surface area (Å²) in [6, 6.07) is 0. The third kappa shape index (κ3) is 16.4. The van der Waals surface area contributed by atoms with E-state index >= 15 is 0 Å². The largest absolute Gasteiger partial charge is 0.465 e. The molecule has 26 heavy (non-hydrogen) atoms. The fourth-order valence-corrected chi connectivity index (χ4v) is 2.04. The van der Waals surface area contributed by atoms with Crippen LogP contribution in [-0.4, -0.2) is 32.1 Å². The van der Waals surface area contributed by atoms with Gasteiger partial charge >= 0.3 is 5.97 Å². The zero-order valence-corrected chi connectivity index (χ0v) is 17.5. The Balaban J connectivity index is 3.84. The first kappa shape index (κ1) is 24.9. The van der Waals surface area contributed by atoms with Gasteiger partial charge in [-0.1, -0.05) is 59.3 Å². The highest BCUT2D eigenvalue weighted by atomic mass is 16.7. The average Bonchev–Trinajstić information content (AvgIpc) is 2.65. The summed E-state index contributed by atoms with van der Waals surface area (Å²) >= 11 is 0. The maximum absolute atomic E-state index is 11.6. The minimum Gasteiger partial charge on any atom is -0.465 e. The highest BCUT2D eigenvalue weighted by Gasteiger charge is 2.06. The zero-order valence-electron chi connectivity index (χ0n) is 17.5. The minimum atomic E-state index is -0.399. The van der Waals surface area contributed by atoms with Gasteiger partial charge in [0.15, 0.2) is 0 Å². The van der Waals surface area contributed by atoms with Crippen LogP contribution in [0.25, 0.3) is 0 Å². The Kier molecular flexibility index (Phi) is 18.0. The van der Waals surface area contributed by atoms with Gasteiger partial charge in [0.25, 0.3) is 0 Å². The highest BCUT2D eigenvalue weighted by molar-refractivity contribution is 5.69. The number of unbranched alkanes of at least 4 members (excludes halogenated alkanes) is 5. The standard InChI is InChI=1S/C22H40O4/c1-5-8-17-24-22(25-18-9-6-2)16-14-12-10-11-13-15-21(23)26-19-20(4)7-3/h20,22H,5-13,15,17-19H2,1-4H3. The fraction of sp³-hybridized carbons (Fsp3) is 0.864. The topological polar surface area (TPSA) is 44.8 Å². The molecule has 0 aliphatic heterocycles. The van der Waals surface area contributed by atoms with Gasteiger partial charge in [0.1, 0.15) is 0 Å². The van der Waals surface area contributed by atoms with Gasteiger partial charge in [0.2, 0.25) is 6.29 Å². The number of ether oxygens (including phenoxy) is 3. The molecular formula is C22H40O4. The maximum Gasteiger partial charge on any atom is 0.305 e. The third-order valence-electron chi connectivity index (χ3n) is 4.16. The summed E-state index contributed by atoms with van der Waals surface area (Å²) in [5, 5.41) is 0. The lowest BCUT2D eigenvalue weighted by Crippen LogP contribution is -2.16. The minimum absolute atomic E-state index is 0.0786. The van der Waals surface area contributed by atoms with Gasteiger partial charge in [-0.3, -0.25) is 4.79 Å². The van der Waals surface area contributed by atoms with E-state index < -0.39 is 6.29 Å². The van der Waals surface area contributed by atoms with Gasteiger partial charge in [-0.2, -0.15) is 0 Å². The lowest BCUT2D eigenvalue weighted by atomic mass is 10.1. The molecule has 1 unspecified atom stereocenters. The Morgan fingerprint density at radius 3 is 2.15 bits per heavy atom. The molecule has 0 amide bonds. The van der Waals surface area contributed by atoms with Crippen molar-refractivity contribution in [3.8, 4) is 11.8 Å². The van der Waals surface area contributed by atoms with Gasteiger partial charge in [-0.05, 0) is 37.5 Å². The van der Waals surface area contributed by atoms with Crippen molar-refractivity contribution in [2.45, 2.75) is 98.2 Å². The molecule has 0 aromatic rings. The molecule has 0 N–H and O–H groups in total. The second-order valence-corrected chi connectivity index (χ2v) is 6.86. The van der Waals surface area contributed by atoms with Gasteiger partial charge in [-0.25, -0.2) is 0 Å². The molecule has 4 heteroatoms. The molecule has 0 bridgehead atoms. The SMILES string of the molecule is CCCCOC(C#CCCCCCC(=O)OCC(C)CC)OCCCC. The molecule has 0 aliphatic carbocycles. The van der Waals surface area contributed by atoms with Crippen molar-refractivity contribution < 1.29 is 19.0 Å². The summed E-state index contributed by atoms with van der Waals surface area (Å²) in [4.78, 5) is 11.6. The van der Waals surface area contributed by atoms with Gasteiger partial charge in [0.05, 0.1) is 19.8 Å². The molecular weight excluding hydrogens is 328 g/mol. The molecule has 0 aromatic heterocycles. The molecule has 152 valence electrons. The van der Waals surface area contributed by atoms with E-state index in [0.29, 0.717) is 32.2 Å². The lowest BCUT2D eigenvalue weighted by molar-refractivity contribution is -0.145. The normalized spacial score (nSPS) is 11.9. The Labute approximate surface area is 161 Å². The lowest BCUT2D eigenvalue weighted by Gasteiger charge is -2.12. The van der Waals surface area contributed by atoms with E-state index in [9.17, 15) is 4.79 Å². The van der Waals surface area contributed by atoms with Crippen molar-refractivity contribution in [2.24, 2.45) is 5.92 Å². The van der Waals surface area contributed by atoms with Crippen LogP contribution in [-0.2, 0) is 19.0 Å². The molecule has 0 saturated carbocycles. The number of carbonyl (C=O) groups excluding carboxylic acids is 1. The van der Waals surface area contributed by atoms with Crippen LogP contribution in [0, 0.1) is 17.8 Å². The number of esters is 1. The van der Waals surface area contributed by atoms with Crippen LogP contribution in [0.15, 0.2) is 0 Å². The number of hydrogen-bond acceptors (Lipinski definition) is 4. The van der Waals surface area contributed by atoms with Gasteiger partial charge in [-0.15, -0.1) is 0 Å². The molecule has 0 heterocycles. The Morgan fingerprint density at radius 2 is 1.58 bits per heavy atom. The smallest absolute Gasteiger partial charge is 0.305 e. The predicted octanol–water partition coefficient (Wildman–Crippen LogP) is 5.49. The molecule has 0 saturated heterocycles. The van der Waals surface area contributed by atoms with Crippen molar-refractivity contribution >= 4 is 5.97 Å². The molecule has 0 radical (unpaired) electrons. The molecule has 0 rings (SSSR count). The number of hydrogen-bond donors (Lipinski definition) is 0. The summed E-state index contributed by atoms with van der Waals surface area (Å²) < 4.78 is 16.6. The Morgan fingerprint density at radius 1 is 0.923 bits per heavy atom. The van der Waals surface area contributed by atoms with Crippen molar-refractivity contribution in [1.82, 2.24) is 0 Å². The van der Waals surface area contributed by atoms with Crippen LogP contribution in [0.5, 0.6) is 0 Å². The van der Waals surface area contributed by atoms with E-state index in [1.165, 1.54) is 0 Å². The van der Waals surface area contributed by atoms with Crippen LogP contribution < -0.4 is 0 Å². The number of rotatable bonds is 16.